The molecule has 156 valence electrons. The minimum Gasteiger partial charge on any atom is -0.389 e. The molecular weight excluding hydrogens is 368 g/mol. The molecule has 0 aromatic carbocycles. The van der Waals surface area contributed by atoms with Crippen LogP contribution in [-0.4, -0.2) is 90.4 Å². The largest absolute Gasteiger partial charge is 0.389 e. The monoisotopic (exact) mass is 402 g/mol. The van der Waals surface area contributed by atoms with Gasteiger partial charge in [-0.15, -0.1) is 0 Å². The van der Waals surface area contributed by atoms with E-state index in [9.17, 15) is 18.3 Å². The van der Waals surface area contributed by atoms with Gasteiger partial charge >= 0.3 is 0 Å². The SMILES string of the molecule is CC(=O)NC1CCN(C[C@]2(O)CCCN(S(=O)(=O)N3CCCC3)CC2)CC1. The Hall–Kier alpha value is -0.740. The van der Waals surface area contributed by atoms with Gasteiger partial charge in [0, 0.05) is 58.8 Å². The first-order valence-electron chi connectivity index (χ1n) is 10.3. The molecule has 3 fully saturated rings. The van der Waals surface area contributed by atoms with Crippen LogP contribution in [0.15, 0.2) is 0 Å². The summed E-state index contributed by atoms with van der Waals surface area (Å²) in [5.41, 5.74) is -0.837. The van der Waals surface area contributed by atoms with Crippen LogP contribution in [0.4, 0.5) is 0 Å². The van der Waals surface area contributed by atoms with E-state index in [2.05, 4.69) is 10.2 Å². The van der Waals surface area contributed by atoms with Gasteiger partial charge in [0.1, 0.15) is 0 Å². The van der Waals surface area contributed by atoms with Crippen LogP contribution >= 0.6 is 0 Å². The molecule has 0 aliphatic carbocycles. The number of rotatable bonds is 5. The fourth-order valence-corrected chi connectivity index (χ4v) is 6.29. The highest BCUT2D eigenvalue weighted by atomic mass is 32.2. The molecule has 2 N–H and O–H groups in total. The van der Waals surface area contributed by atoms with E-state index in [-0.39, 0.29) is 11.9 Å². The number of aliphatic hydroxyl groups is 1. The molecule has 27 heavy (non-hydrogen) atoms. The van der Waals surface area contributed by atoms with E-state index in [4.69, 9.17) is 0 Å². The second-order valence-corrected chi connectivity index (χ2v) is 10.3. The number of nitrogens with one attached hydrogen (secondary N) is 1. The van der Waals surface area contributed by atoms with Gasteiger partial charge in [0.25, 0.3) is 10.2 Å². The van der Waals surface area contributed by atoms with Crippen LogP contribution in [-0.2, 0) is 15.0 Å². The summed E-state index contributed by atoms with van der Waals surface area (Å²) in [6.45, 7) is 5.94. The normalized spacial score (nSPS) is 30.3. The van der Waals surface area contributed by atoms with Crippen molar-refractivity contribution in [3.05, 3.63) is 0 Å². The Morgan fingerprint density at radius 3 is 2.22 bits per heavy atom. The molecule has 3 aliphatic rings. The van der Waals surface area contributed by atoms with Crippen molar-refractivity contribution in [1.29, 1.82) is 0 Å². The van der Waals surface area contributed by atoms with Crippen molar-refractivity contribution in [2.75, 3.05) is 45.8 Å². The highest BCUT2D eigenvalue weighted by molar-refractivity contribution is 7.86. The van der Waals surface area contributed by atoms with Gasteiger partial charge in [-0.3, -0.25) is 4.79 Å². The maximum absolute atomic E-state index is 12.8. The van der Waals surface area contributed by atoms with E-state index in [1.165, 1.54) is 0 Å². The quantitative estimate of drug-likeness (QED) is 0.683. The van der Waals surface area contributed by atoms with E-state index >= 15 is 0 Å². The minimum atomic E-state index is -3.39. The van der Waals surface area contributed by atoms with Gasteiger partial charge < -0.3 is 15.3 Å². The molecule has 3 rings (SSSR count). The molecule has 0 bridgehead atoms. The number of hydrogen-bond donors (Lipinski definition) is 2. The number of carbonyl (C=O) groups excluding carboxylic acids is 1. The van der Waals surface area contributed by atoms with Crippen LogP contribution in [0.1, 0.15) is 51.9 Å². The molecule has 1 amide bonds. The fourth-order valence-electron chi connectivity index (χ4n) is 4.56. The Bertz CT molecular complexity index is 615. The van der Waals surface area contributed by atoms with Gasteiger partial charge in [-0.1, -0.05) is 0 Å². The number of likely N-dealkylation sites (tertiary alicyclic amines) is 1. The van der Waals surface area contributed by atoms with Crippen molar-refractivity contribution in [3.63, 3.8) is 0 Å². The highest BCUT2D eigenvalue weighted by Gasteiger charge is 2.38. The van der Waals surface area contributed by atoms with Crippen molar-refractivity contribution >= 4 is 16.1 Å². The molecule has 0 spiro atoms. The lowest BCUT2D eigenvalue weighted by molar-refractivity contribution is -0.120. The number of piperidine rings is 1. The number of hydrogen-bond acceptors (Lipinski definition) is 5. The average molecular weight is 403 g/mol. The fraction of sp³-hybridized carbons (Fsp3) is 0.944. The molecule has 0 radical (unpaired) electrons. The van der Waals surface area contributed by atoms with E-state index in [0.29, 0.717) is 52.0 Å². The Kier molecular flexibility index (Phi) is 6.79. The third-order valence-electron chi connectivity index (χ3n) is 6.11. The second kappa shape index (κ2) is 8.73. The molecule has 0 saturated carbocycles. The Labute approximate surface area is 163 Å². The molecule has 3 saturated heterocycles. The number of β-amino-alcohol motifs (C(OH)–C–C–N with tert-alkyl or cyclic N) is 1. The summed E-state index contributed by atoms with van der Waals surface area (Å²) in [4.78, 5) is 13.4. The first kappa shape index (κ1) is 21.0. The number of nitrogens with zero attached hydrogens (tertiary/aromatic N) is 3. The average Bonchev–Trinajstić information content (AvgIpc) is 3.08. The highest BCUT2D eigenvalue weighted by Crippen LogP contribution is 2.27. The standard InChI is InChI=1S/C18H34N4O4S/c1-16(23)19-17-5-12-20(13-6-17)15-18(24)7-4-11-22(14-8-18)27(25,26)21-9-2-3-10-21/h17,24H,2-15H2,1H3,(H,19,23)/t18-/m0/s1. The van der Waals surface area contributed by atoms with Crippen LogP contribution in [0.3, 0.4) is 0 Å². The van der Waals surface area contributed by atoms with E-state index in [1.54, 1.807) is 15.5 Å². The molecule has 0 aromatic rings. The third-order valence-corrected chi connectivity index (χ3v) is 8.14. The molecule has 8 nitrogen and oxygen atoms in total. The smallest absolute Gasteiger partial charge is 0.281 e. The molecule has 1 atom stereocenters. The van der Waals surface area contributed by atoms with Gasteiger partial charge in [-0.05, 0) is 44.9 Å². The lowest BCUT2D eigenvalue weighted by Gasteiger charge is -2.38. The maximum atomic E-state index is 12.8. The Morgan fingerprint density at radius 1 is 1.00 bits per heavy atom. The van der Waals surface area contributed by atoms with Crippen molar-refractivity contribution < 1.29 is 18.3 Å². The van der Waals surface area contributed by atoms with Crippen LogP contribution in [0.25, 0.3) is 0 Å². The summed E-state index contributed by atoms with van der Waals surface area (Å²) in [6, 6.07) is 0.226. The predicted octanol–water partition coefficient (Wildman–Crippen LogP) is 0.145. The van der Waals surface area contributed by atoms with Gasteiger partial charge in [-0.25, -0.2) is 0 Å². The summed E-state index contributed by atoms with van der Waals surface area (Å²) in [7, 11) is -3.39. The van der Waals surface area contributed by atoms with Crippen molar-refractivity contribution in [2.45, 2.75) is 63.5 Å². The van der Waals surface area contributed by atoms with Gasteiger partial charge in [-0.2, -0.15) is 17.0 Å². The molecule has 9 heteroatoms. The summed E-state index contributed by atoms with van der Waals surface area (Å²) in [6.07, 6.45) is 5.45. The predicted molar refractivity (Wildman–Crippen MR) is 103 cm³/mol. The molecular formula is C18H34N4O4S. The summed E-state index contributed by atoms with van der Waals surface area (Å²) in [5, 5.41) is 14.1. The van der Waals surface area contributed by atoms with Gasteiger partial charge in [0.2, 0.25) is 5.91 Å². The van der Waals surface area contributed by atoms with Crippen molar-refractivity contribution in [1.82, 2.24) is 18.8 Å². The number of amides is 1. The Morgan fingerprint density at radius 2 is 1.59 bits per heavy atom. The molecule has 3 aliphatic heterocycles. The van der Waals surface area contributed by atoms with E-state index in [1.807, 2.05) is 0 Å². The van der Waals surface area contributed by atoms with Crippen molar-refractivity contribution in [2.24, 2.45) is 0 Å². The second-order valence-electron chi connectivity index (χ2n) is 8.34. The topological polar surface area (TPSA) is 93.2 Å². The molecule has 0 unspecified atom stereocenters. The summed E-state index contributed by atoms with van der Waals surface area (Å²) in [5.74, 6) is 0.00940. The van der Waals surface area contributed by atoms with Gasteiger partial charge in [0.15, 0.2) is 0 Å². The van der Waals surface area contributed by atoms with E-state index < -0.39 is 15.8 Å². The van der Waals surface area contributed by atoms with Crippen LogP contribution in [0, 0.1) is 0 Å². The first-order chi connectivity index (χ1) is 12.8. The van der Waals surface area contributed by atoms with E-state index in [0.717, 1.165) is 38.8 Å². The lowest BCUT2D eigenvalue weighted by atomic mass is 9.93. The van der Waals surface area contributed by atoms with Crippen LogP contribution < -0.4 is 5.32 Å². The zero-order chi connectivity index (χ0) is 19.5. The van der Waals surface area contributed by atoms with Crippen molar-refractivity contribution in [3.8, 4) is 0 Å². The van der Waals surface area contributed by atoms with Crippen LogP contribution in [0.2, 0.25) is 0 Å². The van der Waals surface area contributed by atoms with Crippen LogP contribution in [0.5, 0.6) is 0 Å². The Balaban J connectivity index is 1.51. The third kappa shape index (κ3) is 5.41. The number of carbonyl (C=O) groups is 1. The zero-order valence-corrected chi connectivity index (χ0v) is 17.2. The van der Waals surface area contributed by atoms with Gasteiger partial charge in [0.05, 0.1) is 5.60 Å². The minimum absolute atomic E-state index is 0.00940. The summed E-state index contributed by atoms with van der Waals surface area (Å²) >= 11 is 0. The molecule has 3 heterocycles. The molecule has 0 aromatic heterocycles. The summed E-state index contributed by atoms with van der Waals surface area (Å²) < 4.78 is 28.7. The maximum Gasteiger partial charge on any atom is 0.281 e. The zero-order valence-electron chi connectivity index (χ0n) is 16.4. The first-order valence-corrected chi connectivity index (χ1v) is 11.7. The lowest BCUT2D eigenvalue weighted by Crippen LogP contribution is -2.50.